The van der Waals surface area contributed by atoms with E-state index in [1.165, 1.54) is 6.92 Å². The molecule has 0 saturated heterocycles. The van der Waals surface area contributed by atoms with Crippen LogP contribution in [0.2, 0.25) is 0 Å². The zero-order valence-electron chi connectivity index (χ0n) is 11.6. The lowest BCUT2D eigenvalue weighted by atomic mass is 9.84. The Morgan fingerprint density at radius 2 is 1.82 bits per heavy atom. The molecule has 3 heteroatoms. The molecule has 0 bridgehead atoms. The van der Waals surface area contributed by atoms with Crippen LogP contribution in [-0.4, -0.2) is 23.3 Å². The molecular weight excluding hydrogens is 216 g/mol. The Labute approximate surface area is 105 Å². The lowest BCUT2D eigenvalue weighted by molar-refractivity contribution is -0.153. The zero-order valence-corrected chi connectivity index (χ0v) is 11.6. The number of carbonyl (C=O) groups is 1. The monoisotopic (exact) mass is 242 g/mol. The molecule has 0 aromatic rings. The van der Waals surface area contributed by atoms with Crippen LogP contribution in [0.1, 0.15) is 47.5 Å². The van der Waals surface area contributed by atoms with Crippen LogP contribution in [0.25, 0.3) is 0 Å². The van der Waals surface area contributed by atoms with Crippen LogP contribution >= 0.6 is 0 Å². The Bertz CT molecular complexity index is 262. The van der Waals surface area contributed by atoms with Crippen molar-refractivity contribution in [2.45, 2.75) is 59.7 Å². The molecule has 1 fully saturated rings. The molecule has 0 radical (unpaired) electrons. The second-order valence-electron chi connectivity index (χ2n) is 5.40. The van der Waals surface area contributed by atoms with Crippen molar-refractivity contribution in [1.82, 2.24) is 0 Å². The van der Waals surface area contributed by atoms with Crippen molar-refractivity contribution in [2.75, 3.05) is 0 Å². The highest BCUT2D eigenvalue weighted by Crippen LogP contribution is 2.47. The molecule has 100 valence electrons. The highest BCUT2D eigenvalue weighted by molar-refractivity contribution is 5.66. The van der Waals surface area contributed by atoms with Gasteiger partial charge in [0.25, 0.3) is 0 Å². The first-order valence-electron chi connectivity index (χ1n) is 6.79. The minimum Gasteiger partial charge on any atom is -0.462 e. The van der Waals surface area contributed by atoms with E-state index in [0.717, 1.165) is 12.8 Å². The summed E-state index contributed by atoms with van der Waals surface area (Å²) in [5.41, 5.74) is 0. The van der Waals surface area contributed by atoms with E-state index >= 15 is 0 Å². The Morgan fingerprint density at radius 1 is 1.29 bits per heavy atom. The van der Waals surface area contributed by atoms with Crippen molar-refractivity contribution in [3.8, 4) is 0 Å². The largest absolute Gasteiger partial charge is 0.462 e. The first-order valence-corrected chi connectivity index (χ1v) is 6.79. The number of rotatable bonds is 4. The Morgan fingerprint density at radius 3 is 2.18 bits per heavy atom. The number of hydrogen-bond donors (Lipinski definition) is 1. The van der Waals surface area contributed by atoms with Crippen LogP contribution in [0.5, 0.6) is 0 Å². The number of aliphatic hydroxyl groups excluding tert-OH is 1. The van der Waals surface area contributed by atoms with Gasteiger partial charge in [-0.15, -0.1) is 0 Å². The molecule has 0 aliphatic heterocycles. The molecule has 0 heterocycles. The van der Waals surface area contributed by atoms with E-state index in [1.54, 1.807) is 0 Å². The van der Waals surface area contributed by atoms with Crippen LogP contribution in [-0.2, 0) is 9.53 Å². The molecule has 17 heavy (non-hydrogen) atoms. The van der Waals surface area contributed by atoms with Crippen molar-refractivity contribution in [3.05, 3.63) is 0 Å². The summed E-state index contributed by atoms with van der Waals surface area (Å²) in [6.07, 6.45) is 1.50. The quantitative estimate of drug-likeness (QED) is 0.771. The van der Waals surface area contributed by atoms with Crippen LogP contribution < -0.4 is 0 Å². The summed E-state index contributed by atoms with van der Waals surface area (Å²) in [6.45, 7) is 9.78. The van der Waals surface area contributed by atoms with Gasteiger partial charge < -0.3 is 9.84 Å². The number of ether oxygens (including phenoxy) is 1. The van der Waals surface area contributed by atoms with Gasteiger partial charge in [-0.1, -0.05) is 27.2 Å². The number of carbonyl (C=O) groups excluding carboxylic acids is 1. The summed E-state index contributed by atoms with van der Waals surface area (Å²) < 4.78 is 5.49. The topological polar surface area (TPSA) is 46.5 Å². The van der Waals surface area contributed by atoms with E-state index in [4.69, 9.17) is 4.74 Å². The van der Waals surface area contributed by atoms with E-state index in [2.05, 4.69) is 20.8 Å². The third kappa shape index (κ3) is 2.82. The molecule has 0 aromatic carbocycles. The van der Waals surface area contributed by atoms with Gasteiger partial charge in [-0.25, -0.2) is 0 Å². The average Bonchev–Trinajstić information content (AvgIpc) is 2.49. The Hall–Kier alpha value is -0.570. The summed E-state index contributed by atoms with van der Waals surface area (Å²) in [7, 11) is 0. The van der Waals surface area contributed by atoms with E-state index in [9.17, 15) is 9.90 Å². The summed E-state index contributed by atoms with van der Waals surface area (Å²) in [5.74, 6) is 1.19. The van der Waals surface area contributed by atoms with Crippen LogP contribution in [0.3, 0.4) is 0 Å². The molecular formula is C14H26O3. The molecule has 0 aromatic heterocycles. The maximum absolute atomic E-state index is 11.2. The fraction of sp³-hybridized carbons (Fsp3) is 0.929. The fourth-order valence-corrected chi connectivity index (χ4v) is 3.73. The van der Waals surface area contributed by atoms with Crippen LogP contribution in [0.15, 0.2) is 0 Å². The van der Waals surface area contributed by atoms with Crippen molar-refractivity contribution in [1.29, 1.82) is 0 Å². The van der Waals surface area contributed by atoms with Gasteiger partial charge in [0.1, 0.15) is 6.10 Å². The molecule has 0 amide bonds. The highest BCUT2D eigenvalue weighted by atomic mass is 16.5. The van der Waals surface area contributed by atoms with E-state index in [-0.39, 0.29) is 18.0 Å². The molecule has 1 rings (SSSR count). The number of hydrogen-bond acceptors (Lipinski definition) is 3. The molecule has 0 spiro atoms. The van der Waals surface area contributed by atoms with Crippen LogP contribution in [0.4, 0.5) is 0 Å². The molecule has 1 N–H and O–H groups in total. The molecule has 1 aliphatic rings. The molecule has 1 saturated carbocycles. The summed E-state index contributed by atoms with van der Waals surface area (Å²) in [5, 5.41) is 9.98. The second kappa shape index (κ2) is 5.85. The predicted molar refractivity (Wildman–Crippen MR) is 67.5 cm³/mol. The third-order valence-corrected chi connectivity index (χ3v) is 4.45. The first kappa shape index (κ1) is 14.5. The van der Waals surface area contributed by atoms with Crippen molar-refractivity contribution in [3.63, 3.8) is 0 Å². The van der Waals surface area contributed by atoms with Gasteiger partial charge in [-0.3, -0.25) is 4.79 Å². The van der Waals surface area contributed by atoms with E-state index < -0.39 is 6.10 Å². The lowest BCUT2D eigenvalue weighted by Gasteiger charge is -2.28. The maximum atomic E-state index is 11.2. The second-order valence-corrected chi connectivity index (χ2v) is 5.40. The molecule has 1 aliphatic carbocycles. The van der Waals surface area contributed by atoms with Crippen LogP contribution in [0, 0.1) is 23.7 Å². The minimum atomic E-state index is -0.414. The first-order chi connectivity index (χ1) is 7.93. The van der Waals surface area contributed by atoms with E-state index in [0.29, 0.717) is 17.8 Å². The summed E-state index contributed by atoms with van der Waals surface area (Å²) >= 11 is 0. The van der Waals surface area contributed by atoms with Gasteiger partial charge in [0, 0.05) is 12.8 Å². The number of aliphatic hydroxyl groups is 1. The lowest BCUT2D eigenvalue weighted by Crippen LogP contribution is -2.35. The molecule has 6 unspecified atom stereocenters. The van der Waals surface area contributed by atoms with Crippen molar-refractivity contribution >= 4 is 5.97 Å². The standard InChI is InChI=1S/C14H26O3/c1-6-11-8(3)12(7-2)14(17-10(5)16)13(11)9(4)15/h8-9,11-15H,6-7H2,1-5H3. The SMILES string of the molecule is CCC1C(C)C(CC)C(C(C)O)C1OC(C)=O. The van der Waals surface area contributed by atoms with Gasteiger partial charge in [-0.05, 0) is 31.1 Å². The average molecular weight is 242 g/mol. The number of esters is 1. The van der Waals surface area contributed by atoms with Crippen molar-refractivity contribution in [2.24, 2.45) is 23.7 Å². The normalized spacial score (nSPS) is 39.1. The van der Waals surface area contributed by atoms with Gasteiger partial charge in [-0.2, -0.15) is 0 Å². The third-order valence-electron chi connectivity index (χ3n) is 4.45. The predicted octanol–water partition coefficient (Wildman–Crippen LogP) is 2.62. The van der Waals surface area contributed by atoms with Gasteiger partial charge >= 0.3 is 5.97 Å². The summed E-state index contributed by atoms with van der Waals surface area (Å²) in [4.78, 5) is 11.2. The van der Waals surface area contributed by atoms with Gasteiger partial charge in [0.2, 0.25) is 0 Å². The molecule has 3 nitrogen and oxygen atoms in total. The van der Waals surface area contributed by atoms with Crippen molar-refractivity contribution < 1.29 is 14.6 Å². The fourth-order valence-electron chi connectivity index (χ4n) is 3.73. The van der Waals surface area contributed by atoms with Gasteiger partial charge in [0.15, 0.2) is 0 Å². The summed E-state index contributed by atoms with van der Waals surface area (Å²) in [6, 6.07) is 0. The van der Waals surface area contributed by atoms with E-state index in [1.807, 2.05) is 6.92 Å². The highest BCUT2D eigenvalue weighted by Gasteiger charge is 2.50. The minimum absolute atomic E-state index is 0.0869. The Balaban J connectivity index is 2.97. The maximum Gasteiger partial charge on any atom is 0.302 e. The smallest absolute Gasteiger partial charge is 0.302 e. The zero-order chi connectivity index (χ0) is 13.2. The van der Waals surface area contributed by atoms with Gasteiger partial charge in [0.05, 0.1) is 6.10 Å². The Kier molecular flexibility index (Phi) is 4.99. The molecule has 6 atom stereocenters.